The van der Waals surface area contributed by atoms with Gasteiger partial charge in [0.1, 0.15) is 11.5 Å². The second-order valence-electron chi connectivity index (χ2n) is 5.60. The maximum absolute atomic E-state index is 12.4. The number of fused-ring (bicyclic) bond motifs is 1. The zero-order chi connectivity index (χ0) is 19.4. The van der Waals surface area contributed by atoms with Crippen LogP contribution in [0.25, 0.3) is 10.9 Å². The van der Waals surface area contributed by atoms with Crippen molar-refractivity contribution in [1.29, 1.82) is 0 Å². The number of carbonyl (C=O) groups excluding carboxylic acids is 2. The zero-order valence-electron chi connectivity index (χ0n) is 14.6. The van der Waals surface area contributed by atoms with Crippen molar-refractivity contribution < 1.29 is 24.2 Å². The van der Waals surface area contributed by atoms with Gasteiger partial charge in [0.05, 0.1) is 36.9 Å². The molecule has 140 valence electrons. The molecule has 9 nitrogen and oxygen atoms in total. The van der Waals surface area contributed by atoms with Crippen molar-refractivity contribution in [2.75, 3.05) is 14.2 Å². The number of methoxy groups -OCH3 is 2. The number of hydrogen-bond donors (Lipinski definition) is 4. The van der Waals surface area contributed by atoms with Crippen LogP contribution < -0.4 is 20.3 Å². The number of nitrogens with zero attached hydrogens (tertiary/aromatic N) is 1. The summed E-state index contributed by atoms with van der Waals surface area (Å²) in [6.45, 7) is 0. The lowest BCUT2D eigenvalue weighted by Crippen LogP contribution is -2.44. The number of aromatic amines is 1. The second-order valence-corrected chi connectivity index (χ2v) is 5.60. The van der Waals surface area contributed by atoms with E-state index in [0.29, 0.717) is 28.0 Å². The summed E-state index contributed by atoms with van der Waals surface area (Å²) in [5.41, 5.74) is 5.72. The first-order valence-corrected chi connectivity index (χ1v) is 7.97. The molecular weight excluding hydrogens is 352 g/mol. The van der Waals surface area contributed by atoms with Gasteiger partial charge in [-0.25, -0.2) is 0 Å². The molecule has 1 unspecified atom stereocenters. The molecule has 3 rings (SSSR count). The van der Waals surface area contributed by atoms with Gasteiger partial charge in [-0.2, -0.15) is 5.10 Å². The molecule has 0 saturated heterocycles. The van der Waals surface area contributed by atoms with Crippen LogP contribution >= 0.6 is 0 Å². The highest BCUT2D eigenvalue weighted by Crippen LogP contribution is 2.28. The number of ether oxygens (including phenoxy) is 2. The fourth-order valence-corrected chi connectivity index (χ4v) is 2.61. The van der Waals surface area contributed by atoms with E-state index in [2.05, 4.69) is 21.0 Å². The molecular formula is C18H18N4O5. The van der Waals surface area contributed by atoms with Crippen LogP contribution in [0.1, 0.15) is 22.0 Å². The Morgan fingerprint density at radius 2 is 1.96 bits per heavy atom. The summed E-state index contributed by atoms with van der Waals surface area (Å²) in [6, 6.07) is 9.65. The van der Waals surface area contributed by atoms with Crippen LogP contribution in [0.3, 0.4) is 0 Å². The molecule has 0 aliphatic carbocycles. The zero-order valence-corrected chi connectivity index (χ0v) is 14.6. The molecule has 3 aromatic rings. The van der Waals surface area contributed by atoms with Gasteiger partial charge in [0, 0.05) is 0 Å². The van der Waals surface area contributed by atoms with E-state index in [0.717, 1.165) is 0 Å². The van der Waals surface area contributed by atoms with Gasteiger partial charge in [-0.15, -0.1) is 0 Å². The number of hydrogen-bond acceptors (Lipinski definition) is 6. The molecule has 0 bridgehead atoms. The van der Waals surface area contributed by atoms with Crippen LogP contribution in [0, 0.1) is 0 Å². The average Bonchev–Trinajstić information content (AvgIpc) is 3.19. The average molecular weight is 370 g/mol. The van der Waals surface area contributed by atoms with Gasteiger partial charge in [0.25, 0.3) is 11.8 Å². The minimum Gasteiger partial charge on any atom is -0.497 e. The number of aliphatic hydroxyl groups is 1. The first kappa shape index (κ1) is 18.2. The second kappa shape index (κ2) is 7.75. The molecule has 0 spiro atoms. The molecule has 2 amide bonds. The van der Waals surface area contributed by atoms with Crippen molar-refractivity contribution in [3.05, 3.63) is 53.7 Å². The lowest BCUT2D eigenvalue weighted by molar-refractivity contribution is -0.130. The molecule has 0 aliphatic rings. The van der Waals surface area contributed by atoms with Crippen LogP contribution in [0.15, 0.2) is 42.6 Å². The van der Waals surface area contributed by atoms with Gasteiger partial charge in [-0.1, -0.05) is 12.1 Å². The third kappa shape index (κ3) is 3.67. The van der Waals surface area contributed by atoms with Crippen molar-refractivity contribution in [1.82, 2.24) is 21.0 Å². The number of H-pyrrole nitrogens is 1. The monoisotopic (exact) mass is 370 g/mol. The molecule has 1 atom stereocenters. The van der Waals surface area contributed by atoms with Crippen molar-refractivity contribution in [2.45, 2.75) is 6.10 Å². The van der Waals surface area contributed by atoms with Gasteiger partial charge in [-0.3, -0.25) is 25.5 Å². The number of aliphatic hydroxyl groups excluding tert-OH is 1. The SMILES string of the molecule is COc1cccc(C(O)C(=O)NNC(=O)c2ccc3[nH]ncc3c2OC)c1. The lowest BCUT2D eigenvalue weighted by atomic mass is 10.1. The Labute approximate surface area is 154 Å². The van der Waals surface area contributed by atoms with Crippen LogP contribution in [0.2, 0.25) is 0 Å². The Bertz CT molecular complexity index is 985. The normalized spacial score (nSPS) is 11.7. The summed E-state index contributed by atoms with van der Waals surface area (Å²) in [5, 5.41) is 17.5. The van der Waals surface area contributed by atoms with Crippen molar-refractivity contribution >= 4 is 22.7 Å². The topological polar surface area (TPSA) is 126 Å². The Kier molecular flexibility index (Phi) is 5.23. The highest BCUT2D eigenvalue weighted by Gasteiger charge is 2.20. The Morgan fingerprint density at radius 1 is 1.15 bits per heavy atom. The van der Waals surface area contributed by atoms with Gasteiger partial charge in [0.15, 0.2) is 6.10 Å². The smallest absolute Gasteiger partial charge is 0.273 e. The third-order valence-corrected chi connectivity index (χ3v) is 3.98. The fraction of sp³-hybridized carbons (Fsp3) is 0.167. The number of amides is 2. The maximum atomic E-state index is 12.4. The number of hydrazine groups is 1. The van der Waals surface area contributed by atoms with E-state index < -0.39 is 17.9 Å². The predicted octanol–water partition coefficient (Wildman–Crippen LogP) is 1.07. The summed E-state index contributed by atoms with van der Waals surface area (Å²) >= 11 is 0. The van der Waals surface area contributed by atoms with Crippen LogP contribution in [-0.2, 0) is 4.79 Å². The predicted molar refractivity (Wildman–Crippen MR) is 96.2 cm³/mol. The Balaban J connectivity index is 1.70. The standard InChI is InChI=1S/C18H18N4O5/c1-26-11-5-3-4-10(8-11)15(23)18(25)22-21-17(24)12-6-7-14-13(9-19-20-14)16(12)27-2/h3-9,15,23H,1-2H3,(H,19,20)(H,21,24)(H,22,25). The molecule has 1 aromatic heterocycles. The largest absolute Gasteiger partial charge is 0.497 e. The summed E-state index contributed by atoms with van der Waals surface area (Å²) in [7, 11) is 2.92. The minimum atomic E-state index is -1.47. The summed E-state index contributed by atoms with van der Waals surface area (Å²) in [4.78, 5) is 24.6. The van der Waals surface area contributed by atoms with Gasteiger partial charge in [0.2, 0.25) is 0 Å². The third-order valence-electron chi connectivity index (χ3n) is 3.98. The van der Waals surface area contributed by atoms with E-state index in [-0.39, 0.29) is 5.56 Å². The van der Waals surface area contributed by atoms with Gasteiger partial charge in [-0.05, 0) is 29.8 Å². The molecule has 0 aliphatic heterocycles. The number of rotatable bonds is 5. The highest BCUT2D eigenvalue weighted by molar-refractivity contribution is 6.03. The number of nitrogens with one attached hydrogen (secondary N) is 3. The summed E-state index contributed by atoms with van der Waals surface area (Å²) in [6.07, 6.45) is 0.0643. The minimum absolute atomic E-state index is 0.211. The number of carbonyl (C=O) groups is 2. The fourth-order valence-electron chi connectivity index (χ4n) is 2.61. The van der Waals surface area contributed by atoms with Crippen LogP contribution in [-0.4, -0.2) is 41.3 Å². The molecule has 27 heavy (non-hydrogen) atoms. The number of aromatic nitrogens is 2. The number of benzene rings is 2. The molecule has 0 radical (unpaired) electrons. The molecule has 9 heteroatoms. The van der Waals surface area contributed by atoms with E-state index in [1.165, 1.54) is 26.5 Å². The van der Waals surface area contributed by atoms with E-state index in [4.69, 9.17) is 9.47 Å². The highest BCUT2D eigenvalue weighted by atomic mass is 16.5. The Morgan fingerprint density at radius 3 is 2.70 bits per heavy atom. The van der Waals surface area contributed by atoms with E-state index in [9.17, 15) is 14.7 Å². The first-order chi connectivity index (χ1) is 13.0. The summed E-state index contributed by atoms with van der Waals surface area (Å²) in [5.74, 6) is -0.566. The van der Waals surface area contributed by atoms with Gasteiger partial charge < -0.3 is 14.6 Å². The quantitative estimate of drug-likeness (QED) is 0.498. The van der Waals surface area contributed by atoms with E-state index in [1.807, 2.05) is 0 Å². The molecule has 1 heterocycles. The summed E-state index contributed by atoms with van der Waals surface area (Å²) < 4.78 is 10.4. The molecule has 4 N–H and O–H groups in total. The lowest BCUT2D eigenvalue weighted by Gasteiger charge is -2.14. The van der Waals surface area contributed by atoms with Gasteiger partial charge >= 0.3 is 0 Å². The first-order valence-electron chi connectivity index (χ1n) is 7.97. The van der Waals surface area contributed by atoms with Crippen molar-refractivity contribution in [3.8, 4) is 11.5 Å². The molecule has 0 saturated carbocycles. The van der Waals surface area contributed by atoms with Crippen LogP contribution in [0.5, 0.6) is 11.5 Å². The van der Waals surface area contributed by atoms with E-state index in [1.54, 1.807) is 30.3 Å². The maximum Gasteiger partial charge on any atom is 0.273 e. The van der Waals surface area contributed by atoms with Crippen molar-refractivity contribution in [2.24, 2.45) is 0 Å². The van der Waals surface area contributed by atoms with Crippen LogP contribution in [0.4, 0.5) is 0 Å². The van der Waals surface area contributed by atoms with E-state index >= 15 is 0 Å². The van der Waals surface area contributed by atoms with Crippen molar-refractivity contribution in [3.63, 3.8) is 0 Å². The molecule has 0 fully saturated rings. The Hall–Kier alpha value is -3.59. The molecule has 2 aromatic carbocycles.